The molecule has 4 heterocycles. The Morgan fingerprint density at radius 2 is 1.03 bits per heavy atom. The summed E-state index contributed by atoms with van der Waals surface area (Å²) < 4.78 is 3.65. The van der Waals surface area contributed by atoms with Crippen molar-refractivity contribution in [1.82, 2.24) is 19.1 Å². The third-order valence-electron chi connectivity index (χ3n) is 12.1. The van der Waals surface area contributed by atoms with E-state index in [0.717, 1.165) is 95.6 Å². The van der Waals surface area contributed by atoms with Gasteiger partial charge in [0.05, 0.1) is 33.1 Å². The number of hydrogen-bond acceptors (Lipinski definition) is 4. The topological polar surface area (TPSA) is 69.8 Å². The Balaban J connectivity index is 0.000000156. The maximum atomic E-state index is 14.2. The zero-order valence-electron chi connectivity index (χ0n) is 36.8. The van der Waals surface area contributed by atoms with Gasteiger partial charge < -0.3 is 0 Å². The monoisotopic (exact) mass is 854 g/mol. The van der Waals surface area contributed by atoms with Crippen LogP contribution >= 0.6 is 0 Å². The summed E-state index contributed by atoms with van der Waals surface area (Å²) in [5.74, 6) is 0. The van der Waals surface area contributed by atoms with Crippen LogP contribution in [0.15, 0.2) is 228 Å². The molecule has 0 amide bonds. The first-order valence-corrected chi connectivity index (χ1v) is 22.5. The predicted octanol–water partition coefficient (Wildman–Crippen LogP) is 14.3. The molecule has 0 aliphatic heterocycles. The van der Waals surface area contributed by atoms with Crippen LogP contribution in [0.5, 0.6) is 0 Å². The van der Waals surface area contributed by atoms with E-state index in [1.54, 1.807) is 17.0 Å². The zero-order valence-corrected chi connectivity index (χ0v) is 36.8. The van der Waals surface area contributed by atoms with Gasteiger partial charge in [0, 0.05) is 39.6 Å². The van der Waals surface area contributed by atoms with E-state index >= 15 is 0 Å². The van der Waals surface area contributed by atoms with Gasteiger partial charge in [0.1, 0.15) is 0 Å². The molecular formula is C60H46N4O2. The lowest BCUT2D eigenvalue weighted by Crippen LogP contribution is -2.20. The Bertz CT molecular complexity index is 3770. The smallest absolute Gasteiger partial charge is 0.265 e. The van der Waals surface area contributed by atoms with E-state index in [1.165, 1.54) is 5.57 Å². The van der Waals surface area contributed by atoms with Crippen molar-refractivity contribution in [2.45, 2.75) is 26.7 Å². The number of para-hydroxylation sites is 1. The number of allylic oxidation sites excluding steroid dienone is 4. The van der Waals surface area contributed by atoms with Gasteiger partial charge in [-0.1, -0.05) is 159 Å². The van der Waals surface area contributed by atoms with Crippen LogP contribution in [0.1, 0.15) is 32.3 Å². The zero-order chi connectivity index (χ0) is 45.0. The van der Waals surface area contributed by atoms with Crippen molar-refractivity contribution >= 4 is 60.0 Å². The van der Waals surface area contributed by atoms with Crippen molar-refractivity contribution in [3.63, 3.8) is 0 Å². The highest BCUT2D eigenvalue weighted by atomic mass is 16.1. The summed E-state index contributed by atoms with van der Waals surface area (Å²) >= 11 is 0. The van der Waals surface area contributed by atoms with Gasteiger partial charge in [0.15, 0.2) is 0 Å². The Labute approximate surface area is 382 Å². The Morgan fingerprint density at radius 3 is 1.79 bits per heavy atom. The van der Waals surface area contributed by atoms with Crippen LogP contribution in [-0.2, 0) is 0 Å². The highest BCUT2D eigenvalue weighted by Gasteiger charge is 2.18. The molecule has 6 heteroatoms. The van der Waals surface area contributed by atoms with E-state index in [-0.39, 0.29) is 11.1 Å². The average molecular weight is 855 g/mol. The highest BCUT2D eigenvalue weighted by molar-refractivity contribution is 6.14. The summed E-state index contributed by atoms with van der Waals surface area (Å²) in [4.78, 5) is 36.8. The molecule has 0 atom stereocenters. The van der Waals surface area contributed by atoms with Gasteiger partial charge in [-0.3, -0.25) is 28.7 Å². The number of rotatable bonds is 5. The highest BCUT2D eigenvalue weighted by Crippen LogP contribution is 2.34. The number of pyridine rings is 4. The maximum Gasteiger partial charge on any atom is 0.265 e. The van der Waals surface area contributed by atoms with Gasteiger partial charge >= 0.3 is 0 Å². The van der Waals surface area contributed by atoms with Crippen molar-refractivity contribution in [1.29, 1.82) is 0 Å². The van der Waals surface area contributed by atoms with Gasteiger partial charge in [-0.2, -0.15) is 0 Å². The number of benzene rings is 7. The summed E-state index contributed by atoms with van der Waals surface area (Å²) in [6.07, 6.45) is 12.3. The third kappa shape index (κ3) is 7.69. The van der Waals surface area contributed by atoms with E-state index in [0.29, 0.717) is 10.8 Å². The van der Waals surface area contributed by atoms with E-state index in [1.807, 2.05) is 122 Å². The molecule has 0 bridgehead atoms. The molecule has 66 heavy (non-hydrogen) atoms. The van der Waals surface area contributed by atoms with Crippen LogP contribution in [0.25, 0.3) is 93.6 Å². The normalized spacial score (nSPS) is 12.1. The molecule has 0 spiro atoms. The number of hydrogen-bond donors (Lipinski definition) is 0. The number of fused-ring (bicyclic) bond motifs is 8. The summed E-state index contributed by atoms with van der Waals surface area (Å²) in [7, 11) is 0. The van der Waals surface area contributed by atoms with Gasteiger partial charge in [-0.05, 0) is 112 Å². The SMILES string of the molecule is CC.O=c1c2ccccc2c2ccc3cccnc3c2n1-c1cc(C2=CCCC=C2)cc(-c2ccccc2)c1.O=c1c2cccnc2c2ccccc2n1-c1cccc(-c2ccccc2)c1. The van der Waals surface area contributed by atoms with Gasteiger partial charge in [0.25, 0.3) is 11.1 Å². The second-order valence-electron chi connectivity index (χ2n) is 16.0. The Morgan fingerprint density at radius 1 is 0.424 bits per heavy atom. The third-order valence-corrected chi connectivity index (χ3v) is 12.1. The maximum absolute atomic E-state index is 14.2. The number of aromatic nitrogens is 4. The fourth-order valence-electron chi connectivity index (χ4n) is 9.08. The van der Waals surface area contributed by atoms with Crippen LogP contribution in [0.3, 0.4) is 0 Å². The first-order chi connectivity index (χ1) is 32.6. The molecule has 11 aromatic rings. The standard InChI is InChI=1S/C34H24N2O.C24H16N2O.C2H6/c37-34-31-16-8-7-15-29(31)30-18-17-25-14-9-19-35-32(25)33(30)36(34)28-21-26(23-10-3-1-4-11-23)20-27(22-28)24-12-5-2-6-13-24;27-24-21-13-7-15-25-23(21)20-12-4-5-14-22(20)26(24)19-11-6-10-18(16-19)17-8-2-1-3-9-17;1-2/h1,3-5,7-22H,2,6H2;1-16H;1-2H3. The molecular weight excluding hydrogens is 809 g/mol. The molecule has 6 nitrogen and oxygen atoms in total. The van der Waals surface area contributed by atoms with E-state index < -0.39 is 0 Å². The summed E-state index contributed by atoms with van der Waals surface area (Å²) in [6, 6.07) is 62.8. The van der Waals surface area contributed by atoms with E-state index in [9.17, 15) is 9.59 Å². The largest absolute Gasteiger partial charge is 0.276 e. The molecule has 0 saturated heterocycles. The summed E-state index contributed by atoms with van der Waals surface area (Å²) in [5, 5.41) is 5.28. The van der Waals surface area contributed by atoms with Crippen molar-refractivity contribution in [3.05, 3.63) is 245 Å². The van der Waals surface area contributed by atoms with E-state index in [2.05, 4.69) is 108 Å². The van der Waals surface area contributed by atoms with Gasteiger partial charge in [-0.25, -0.2) is 0 Å². The first-order valence-electron chi connectivity index (χ1n) is 22.5. The lowest BCUT2D eigenvalue weighted by Gasteiger charge is -2.18. The predicted molar refractivity (Wildman–Crippen MR) is 276 cm³/mol. The van der Waals surface area contributed by atoms with Crippen LogP contribution in [0, 0.1) is 0 Å². The Kier molecular flexibility index (Phi) is 11.5. The van der Waals surface area contributed by atoms with Crippen molar-refractivity contribution in [2.24, 2.45) is 0 Å². The molecule has 4 aromatic heterocycles. The fourth-order valence-corrected chi connectivity index (χ4v) is 9.08. The second-order valence-corrected chi connectivity index (χ2v) is 16.0. The molecule has 318 valence electrons. The minimum Gasteiger partial charge on any atom is -0.276 e. The molecule has 0 saturated carbocycles. The molecule has 0 unspecified atom stereocenters. The first kappa shape index (κ1) is 41.5. The summed E-state index contributed by atoms with van der Waals surface area (Å²) in [5.41, 5.74) is 11.6. The van der Waals surface area contributed by atoms with Crippen molar-refractivity contribution in [2.75, 3.05) is 0 Å². The fraction of sp³-hybridized carbons (Fsp3) is 0.0667. The summed E-state index contributed by atoms with van der Waals surface area (Å²) in [6.45, 7) is 4.00. The van der Waals surface area contributed by atoms with Gasteiger partial charge in [0.2, 0.25) is 0 Å². The van der Waals surface area contributed by atoms with Crippen molar-refractivity contribution in [3.8, 4) is 33.6 Å². The quantitative estimate of drug-likeness (QED) is 0.162. The van der Waals surface area contributed by atoms with Crippen LogP contribution in [-0.4, -0.2) is 19.1 Å². The minimum absolute atomic E-state index is 0.0365. The van der Waals surface area contributed by atoms with Crippen LogP contribution in [0.2, 0.25) is 0 Å². The molecule has 1 aliphatic rings. The van der Waals surface area contributed by atoms with E-state index in [4.69, 9.17) is 4.98 Å². The lowest BCUT2D eigenvalue weighted by molar-refractivity contribution is 1.04. The second kappa shape index (κ2) is 18.3. The van der Waals surface area contributed by atoms with Crippen molar-refractivity contribution < 1.29 is 0 Å². The molecule has 12 rings (SSSR count). The van der Waals surface area contributed by atoms with Gasteiger partial charge in [-0.15, -0.1) is 0 Å². The van der Waals surface area contributed by atoms with Crippen LogP contribution < -0.4 is 11.1 Å². The van der Waals surface area contributed by atoms with Crippen LogP contribution in [0.4, 0.5) is 0 Å². The average Bonchev–Trinajstić information content (AvgIpc) is 3.40. The molecule has 7 aromatic carbocycles. The number of nitrogens with zero attached hydrogens (tertiary/aromatic N) is 4. The molecule has 0 N–H and O–H groups in total. The molecule has 0 fully saturated rings. The minimum atomic E-state index is -0.0537. The Hall–Kier alpha value is -8.48. The molecule has 1 aliphatic carbocycles. The molecule has 0 radical (unpaired) electrons. The lowest BCUT2D eigenvalue weighted by atomic mass is 9.94.